The fourth-order valence-electron chi connectivity index (χ4n) is 10.8. The van der Waals surface area contributed by atoms with Crippen molar-refractivity contribution in [2.75, 3.05) is 203 Å². The van der Waals surface area contributed by atoms with Gasteiger partial charge in [-0.05, 0) is 0 Å². The molecule has 0 bridgehead atoms. The monoisotopic (exact) mass is 1530 g/mol. The predicted octanol–water partition coefficient (Wildman–Crippen LogP) is -11.5. The summed E-state index contributed by atoms with van der Waals surface area (Å²) in [6, 6.07) is 0. The average molecular weight is 1530 g/mol. The van der Waals surface area contributed by atoms with E-state index in [2.05, 4.69) is 10.6 Å². The highest BCUT2D eigenvalue weighted by Crippen LogP contribution is 2.29. The molecule has 10 N–H and O–H groups in total. The van der Waals surface area contributed by atoms with Gasteiger partial charge in [-0.2, -0.15) is 0 Å². The van der Waals surface area contributed by atoms with Crippen LogP contribution in [0.5, 0.6) is 0 Å². The van der Waals surface area contributed by atoms with Crippen molar-refractivity contribution >= 4 is 55.9 Å². The van der Waals surface area contributed by atoms with Gasteiger partial charge in [-0.25, -0.2) is 26.4 Å². The minimum absolute atomic E-state index is 0.0966. The second-order valence-electron chi connectivity index (χ2n) is 26.7. The molecule has 8 unspecified atom stereocenters. The lowest BCUT2D eigenvalue weighted by Gasteiger charge is -2.42. The summed E-state index contributed by atoms with van der Waals surface area (Å²) in [5.74, 6) is -6.87. The summed E-state index contributed by atoms with van der Waals surface area (Å²) in [4.78, 5) is 68.5. The molecule has 4 fully saturated rings. The number of hydrogen-bond acceptors (Lipinski definition) is 34. The molecule has 4 rings (SSSR count). The largest absolute Gasteiger partial charge is 0.748 e. The van der Waals surface area contributed by atoms with Crippen LogP contribution >= 0.6 is 0 Å². The first kappa shape index (κ1) is 95.7. The topological polar surface area (TPSA) is 578 Å². The lowest BCUT2D eigenvalue weighted by atomic mass is 9.98. The molecule has 0 aromatic rings. The molecular formula is C58H110N6O36S2. The van der Waals surface area contributed by atoms with Crippen molar-refractivity contribution in [3.63, 3.8) is 0 Å². The van der Waals surface area contributed by atoms with Crippen molar-refractivity contribution in [2.45, 2.75) is 136 Å². The summed E-state index contributed by atoms with van der Waals surface area (Å²) in [6.45, 7) is 2.83. The van der Waals surface area contributed by atoms with Crippen LogP contribution in [0, 0.1) is 0 Å². The number of methoxy groups -OCH3 is 8. The Morgan fingerprint density at radius 2 is 0.657 bits per heavy atom. The summed E-state index contributed by atoms with van der Waals surface area (Å²) in [7, 11) is 16.0. The van der Waals surface area contributed by atoms with Gasteiger partial charge in [0.25, 0.3) is 11.8 Å². The van der Waals surface area contributed by atoms with E-state index >= 15 is 0 Å². The Hall–Kier alpha value is -4.32. The van der Waals surface area contributed by atoms with Gasteiger partial charge in [0.05, 0.1) is 141 Å². The Kier molecular flexibility index (Phi) is 41.4. The third-order valence-corrected chi connectivity index (χ3v) is 18.2. The maximum Gasteiger partial charge on any atom is 0.335 e. The molecule has 4 aliphatic heterocycles. The number of likely N-dealkylation sites (N-methyl/N-ethyl adjacent to an activating group) is 4. The number of amides is 2. The zero-order valence-electron chi connectivity index (χ0n) is 60.5. The van der Waals surface area contributed by atoms with Crippen molar-refractivity contribution in [3.8, 4) is 0 Å². The second-order valence-corrected chi connectivity index (χ2v) is 29.7. The van der Waals surface area contributed by atoms with Crippen LogP contribution in [0.1, 0.15) is 12.8 Å². The van der Waals surface area contributed by atoms with Gasteiger partial charge in [-0.1, -0.05) is 0 Å². The zero-order valence-corrected chi connectivity index (χ0v) is 62.1. The molecule has 0 radical (unpaired) electrons. The van der Waals surface area contributed by atoms with Crippen LogP contribution in [-0.4, -0.2) is 447 Å². The van der Waals surface area contributed by atoms with Crippen LogP contribution in [-0.2, 0) is 115 Å². The van der Waals surface area contributed by atoms with Crippen molar-refractivity contribution in [1.29, 1.82) is 0 Å². The number of carboxylic acid groups (broad SMARTS) is 4. The van der Waals surface area contributed by atoms with E-state index in [0.717, 1.165) is 0 Å². The number of aliphatic hydroxyl groups is 6. The van der Waals surface area contributed by atoms with E-state index < -0.39 is 190 Å². The fourth-order valence-corrected chi connectivity index (χ4v) is 11.7. The van der Waals surface area contributed by atoms with Gasteiger partial charge in [0, 0.05) is 81.2 Å². The Morgan fingerprint density at radius 1 is 0.382 bits per heavy atom. The number of nitrogens with one attached hydrogen (secondary N) is 2. The van der Waals surface area contributed by atoms with Gasteiger partial charge >= 0.3 is 11.9 Å². The third-order valence-electron chi connectivity index (χ3n) is 16.6. The van der Waals surface area contributed by atoms with Crippen LogP contribution in [0.3, 0.4) is 0 Å². The highest BCUT2D eigenvalue weighted by Gasteiger charge is 2.53. The molecule has 102 heavy (non-hydrogen) atoms. The highest BCUT2D eigenvalue weighted by molar-refractivity contribution is 7.85. The molecule has 0 spiro atoms. The van der Waals surface area contributed by atoms with E-state index in [0.29, 0.717) is 48.2 Å². The van der Waals surface area contributed by atoms with Crippen molar-refractivity contribution in [3.05, 3.63) is 0 Å². The van der Waals surface area contributed by atoms with E-state index in [4.69, 9.17) is 71.4 Å². The van der Waals surface area contributed by atoms with Crippen LogP contribution in [0.4, 0.5) is 0 Å². The smallest absolute Gasteiger partial charge is 0.335 e. The quantitative estimate of drug-likeness (QED) is 0.0203. The minimum Gasteiger partial charge on any atom is -0.748 e. The van der Waals surface area contributed by atoms with Crippen molar-refractivity contribution in [2.24, 2.45) is 0 Å². The number of nitrogens with zero attached hydrogens (tertiary/aromatic N) is 4. The molecule has 44 heteroatoms. The standard InChI is InChI=1S/C15H30N2O9S.C15H29NO10S.C14H26N2O8.C14H25NO9/c1-17(2,7-5-9-27(21,22)23)8-6-16-14(20)13-12(24-3)10(18)11(19)15(25-4)26-13;1-16(2,6-5-9-27(20,21)22)7-8-25-12-10(17)11(23-3)13(14(18)19)26-15(12)24-4;1-16(2,7-8(17)18)6-5-15-13(21)12-11(22-3)9(19)10(20)14(23-4)24-12;1-15(2,7-8(16)17)5-6-23-11-9(18)10(21-3)12(13(19)20)24-14(11)22-4/h10-13,15,18-19H,5-9H2,1-4H3,(H-,16,20,21,22,23);10-13,15,17H,5-9H2,1-4H3,(H-,18,19,20,21,22);9-12,14,19-20H,5-7H2,1-4H3,(H-,15,17,18,21);9-12,14,18H,5-7H2,1-4H3,(H-,16,17,19,20)/t2*10-,11-,12+,13?,15?;2*9-,10-,11+,12?,14?/m1010/s1. The van der Waals surface area contributed by atoms with Crippen molar-refractivity contribution < 1.29 is 190 Å². The molecule has 0 aliphatic carbocycles. The molecule has 0 saturated carbocycles. The van der Waals surface area contributed by atoms with Gasteiger partial charge in [0.2, 0.25) is 0 Å². The number of aliphatic carboxylic acids is 4. The van der Waals surface area contributed by atoms with Gasteiger partial charge in [-0.15, -0.1) is 0 Å². The Bertz CT molecular complexity index is 2770. The third kappa shape index (κ3) is 32.8. The molecule has 20 atom stereocenters. The van der Waals surface area contributed by atoms with Crippen LogP contribution < -0.4 is 20.8 Å². The average Bonchev–Trinajstić information content (AvgIpc) is 0.817. The summed E-state index contributed by atoms with van der Waals surface area (Å²) in [5.41, 5.74) is 0. The lowest BCUT2D eigenvalue weighted by molar-refractivity contribution is -0.890. The first-order valence-corrected chi connectivity index (χ1v) is 35.0. The Labute approximate surface area is 593 Å². The minimum atomic E-state index is -4.24. The molecule has 600 valence electrons. The Balaban J connectivity index is 0.000000681. The number of rotatable bonds is 38. The first-order valence-electron chi connectivity index (χ1n) is 31.8. The molecule has 0 aromatic heterocycles. The number of ether oxygens (including phenoxy) is 14. The zero-order chi connectivity index (χ0) is 78.6. The van der Waals surface area contributed by atoms with Crippen LogP contribution in [0.25, 0.3) is 0 Å². The second kappa shape index (κ2) is 44.1. The van der Waals surface area contributed by atoms with Gasteiger partial charge in [-0.3, -0.25) is 9.59 Å². The highest BCUT2D eigenvalue weighted by atomic mass is 32.2. The summed E-state index contributed by atoms with van der Waals surface area (Å²) < 4.78 is 138. The van der Waals surface area contributed by atoms with Crippen molar-refractivity contribution in [1.82, 2.24) is 10.6 Å². The van der Waals surface area contributed by atoms with Gasteiger partial charge < -0.3 is 165 Å². The first-order chi connectivity index (χ1) is 47.1. The summed E-state index contributed by atoms with van der Waals surface area (Å²) in [5, 5.41) is 106. The maximum absolute atomic E-state index is 12.4. The molecule has 4 aliphatic rings. The van der Waals surface area contributed by atoms with E-state index in [1.165, 1.54) is 56.9 Å². The Morgan fingerprint density at radius 3 is 0.941 bits per heavy atom. The summed E-state index contributed by atoms with van der Waals surface area (Å²) >= 11 is 0. The van der Waals surface area contributed by atoms with Crippen LogP contribution in [0.2, 0.25) is 0 Å². The number of carboxylic acids is 4. The molecule has 4 saturated heterocycles. The normalized spacial score (nSPS) is 30.2. The number of carbonyl (C=O) groups excluding carboxylic acids is 4. The van der Waals surface area contributed by atoms with E-state index in [1.54, 1.807) is 28.2 Å². The fraction of sp³-hybridized carbons (Fsp3) is 0.897. The number of hydrogen-bond donors (Lipinski definition) is 10. The number of quaternary nitrogens is 4. The maximum atomic E-state index is 12.4. The van der Waals surface area contributed by atoms with Gasteiger partial charge in [0.15, 0.2) is 49.6 Å². The van der Waals surface area contributed by atoms with E-state index in [-0.39, 0.29) is 61.2 Å². The summed E-state index contributed by atoms with van der Waals surface area (Å²) in [6.07, 6.45) is -23.4. The number of carbonyl (C=O) groups is 6. The van der Waals surface area contributed by atoms with E-state index in [9.17, 15) is 101 Å². The van der Waals surface area contributed by atoms with Gasteiger partial charge in [0.1, 0.15) is 99.4 Å². The molecule has 42 nitrogen and oxygen atoms in total. The predicted molar refractivity (Wildman–Crippen MR) is 338 cm³/mol. The molecular weight excluding hydrogens is 1420 g/mol. The molecule has 0 aromatic carbocycles. The lowest BCUT2D eigenvalue weighted by Crippen LogP contribution is -2.63. The molecule has 4 heterocycles. The molecule has 2 amide bonds. The van der Waals surface area contributed by atoms with Crippen LogP contribution in [0.15, 0.2) is 0 Å². The number of aliphatic hydroxyl groups excluding tert-OH is 6. The SMILES string of the molecule is COC1OC(C(=O)NCC[N+](C)(C)CC(=O)[O-])[C@@H](OC)[C@H](O)[C@H]1O.COC1OC(C(=O)NCC[N+](C)(C)CCCS(=O)(=O)[O-])[C@@H](OC)[C@H](O)[C@H]1O.COC1OC(C(=O)O)[C@@H](OC)[C@H](O)[C@H]1OCC[N+](C)(C)CC(=O)[O-].COC1OC(C(=O)O)[C@@H](OC)[C@H](O)[C@H]1OCC[N+](C)(C)CCCS(=O)(=O)[O-]. The van der Waals surface area contributed by atoms with E-state index in [1.807, 2.05) is 28.2 Å².